The molecule has 1 rings (SSSR count). The van der Waals surface area contributed by atoms with Crippen LogP contribution in [0.25, 0.3) is 0 Å². The number of ether oxygens (including phenoxy) is 1. The number of hydrogen-bond donors (Lipinski definition) is 1. The van der Waals surface area contributed by atoms with Crippen LogP contribution >= 0.6 is 15.9 Å². The molecule has 0 aliphatic rings. The third-order valence-electron chi connectivity index (χ3n) is 1.70. The van der Waals surface area contributed by atoms with Crippen molar-refractivity contribution >= 4 is 15.9 Å². The molecular formula is C11H12BrNO. The Morgan fingerprint density at radius 1 is 1.57 bits per heavy atom. The van der Waals surface area contributed by atoms with E-state index in [0.717, 1.165) is 22.3 Å². The molecule has 0 atom stereocenters. The second kappa shape index (κ2) is 5.69. The van der Waals surface area contributed by atoms with Gasteiger partial charge in [-0.3, -0.25) is 0 Å². The summed E-state index contributed by atoms with van der Waals surface area (Å²) >= 11 is 3.41. The number of hydrogen-bond acceptors (Lipinski definition) is 2. The maximum absolute atomic E-state index is 5.40. The van der Waals surface area contributed by atoms with Crippen LogP contribution in [0, 0.1) is 12.3 Å². The van der Waals surface area contributed by atoms with E-state index in [-0.39, 0.29) is 0 Å². The van der Waals surface area contributed by atoms with Gasteiger partial charge in [-0.2, -0.15) is 0 Å². The van der Waals surface area contributed by atoms with E-state index < -0.39 is 0 Å². The highest BCUT2D eigenvalue weighted by molar-refractivity contribution is 9.10. The van der Waals surface area contributed by atoms with Gasteiger partial charge in [0, 0.05) is 16.6 Å². The molecule has 0 amide bonds. The monoisotopic (exact) mass is 253 g/mol. The maximum Gasteiger partial charge on any atom is 0.148 e. The Labute approximate surface area is 92.8 Å². The highest BCUT2D eigenvalue weighted by atomic mass is 79.9. The van der Waals surface area contributed by atoms with Gasteiger partial charge in [0.15, 0.2) is 0 Å². The van der Waals surface area contributed by atoms with Crippen LogP contribution in [0.2, 0.25) is 0 Å². The zero-order valence-corrected chi connectivity index (χ0v) is 9.60. The summed E-state index contributed by atoms with van der Waals surface area (Å²) in [6.45, 7) is 1.07. The third kappa shape index (κ3) is 3.06. The molecule has 0 aromatic heterocycles. The molecule has 0 heterocycles. The first-order chi connectivity index (χ1) is 6.77. The number of rotatable bonds is 4. The molecule has 0 fully saturated rings. The summed E-state index contributed by atoms with van der Waals surface area (Å²) in [6.07, 6.45) is 5.13. The quantitative estimate of drug-likeness (QED) is 0.831. The standard InChI is InChI=1S/C11H12BrNO/c1-3-6-14-11-5-4-10(12)7-9(11)8-13-2/h1,4-5,7,13H,6,8H2,2H3. The molecule has 0 aliphatic heterocycles. The van der Waals surface area contributed by atoms with Crippen molar-refractivity contribution in [1.82, 2.24) is 5.32 Å². The summed E-state index contributed by atoms with van der Waals surface area (Å²) in [5.74, 6) is 3.28. The number of benzene rings is 1. The minimum Gasteiger partial charge on any atom is -0.481 e. The summed E-state index contributed by atoms with van der Waals surface area (Å²) in [5, 5.41) is 3.08. The van der Waals surface area contributed by atoms with Crippen molar-refractivity contribution in [2.75, 3.05) is 13.7 Å². The van der Waals surface area contributed by atoms with Crippen molar-refractivity contribution in [2.24, 2.45) is 0 Å². The maximum atomic E-state index is 5.40. The van der Waals surface area contributed by atoms with Crippen molar-refractivity contribution in [1.29, 1.82) is 0 Å². The topological polar surface area (TPSA) is 21.3 Å². The molecule has 0 radical (unpaired) electrons. The third-order valence-corrected chi connectivity index (χ3v) is 2.19. The molecule has 14 heavy (non-hydrogen) atoms. The molecule has 74 valence electrons. The molecule has 1 aromatic rings. The van der Waals surface area contributed by atoms with Gasteiger partial charge in [0.25, 0.3) is 0 Å². The van der Waals surface area contributed by atoms with E-state index in [4.69, 9.17) is 11.2 Å². The Kier molecular flexibility index (Phi) is 4.51. The van der Waals surface area contributed by atoms with Crippen LogP contribution in [0.1, 0.15) is 5.56 Å². The van der Waals surface area contributed by atoms with Crippen molar-refractivity contribution < 1.29 is 4.74 Å². The summed E-state index contributed by atoms with van der Waals surface area (Å²) < 4.78 is 6.43. The predicted octanol–water partition coefficient (Wildman–Crippen LogP) is 2.18. The lowest BCUT2D eigenvalue weighted by molar-refractivity contribution is 0.365. The molecule has 1 N–H and O–H groups in total. The van der Waals surface area contributed by atoms with Crippen LogP contribution in [0.15, 0.2) is 22.7 Å². The van der Waals surface area contributed by atoms with Gasteiger partial charge in [-0.1, -0.05) is 21.9 Å². The second-order valence-electron chi connectivity index (χ2n) is 2.78. The number of nitrogens with one attached hydrogen (secondary N) is 1. The fraction of sp³-hybridized carbons (Fsp3) is 0.273. The van der Waals surface area contributed by atoms with E-state index in [0.29, 0.717) is 6.61 Å². The molecule has 0 bridgehead atoms. The predicted molar refractivity (Wildman–Crippen MR) is 61.2 cm³/mol. The Bertz CT molecular complexity index is 344. The normalized spacial score (nSPS) is 9.50. The fourth-order valence-electron chi connectivity index (χ4n) is 1.14. The molecule has 0 saturated carbocycles. The van der Waals surface area contributed by atoms with Crippen LogP contribution in [0.3, 0.4) is 0 Å². The minimum atomic E-state index is 0.304. The van der Waals surface area contributed by atoms with E-state index in [1.165, 1.54) is 0 Å². The van der Waals surface area contributed by atoms with Crippen molar-refractivity contribution in [2.45, 2.75) is 6.54 Å². The van der Waals surface area contributed by atoms with Gasteiger partial charge in [-0.15, -0.1) is 6.42 Å². The van der Waals surface area contributed by atoms with Gasteiger partial charge in [-0.05, 0) is 25.2 Å². The lowest BCUT2D eigenvalue weighted by Gasteiger charge is -2.09. The van der Waals surface area contributed by atoms with E-state index in [9.17, 15) is 0 Å². The van der Waals surface area contributed by atoms with Crippen LogP contribution in [-0.2, 0) is 6.54 Å². The smallest absolute Gasteiger partial charge is 0.148 e. The summed E-state index contributed by atoms with van der Waals surface area (Å²) in [6, 6.07) is 5.86. The minimum absolute atomic E-state index is 0.304. The van der Waals surface area contributed by atoms with Gasteiger partial charge >= 0.3 is 0 Å². The molecule has 0 aliphatic carbocycles. The molecule has 1 aromatic carbocycles. The number of terminal acetylenes is 1. The fourth-order valence-corrected chi connectivity index (χ4v) is 1.55. The van der Waals surface area contributed by atoms with Gasteiger partial charge in [0.2, 0.25) is 0 Å². The molecule has 0 unspecified atom stereocenters. The average Bonchev–Trinajstić information content (AvgIpc) is 2.17. The van der Waals surface area contributed by atoms with Gasteiger partial charge in [-0.25, -0.2) is 0 Å². The Hall–Kier alpha value is -0.980. The largest absolute Gasteiger partial charge is 0.481 e. The summed E-state index contributed by atoms with van der Waals surface area (Å²) in [5.41, 5.74) is 1.09. The van der Waals surface area contributed by atoms with Crippen molar-refractivity contribution in [3.05, 3.63) is 28.2 Å². The molecule has 0 saturated heterocycles. The zero-order chi connectivity index (χ0) is 10.4. The van der Waals surface area contributed by atoms with Crippen LogP contribution in [-0.4, -0.2) is 13.7 Å². The summed E-state index contributed by atoms with van der Waals surface area (Å²) in [7, 11) is 1.89. The molecule has 3 heteroatoms. The zero-order valence-electron chi connectivity index (χ0n) is 8.01. The molecule has 0 spiro atoms. The van der Waals surface area contributed by atoms with Gasteiger partial charge in [0.1, 0.15) is 12.4 Å². The SMILES string of the molecule is C#CCOc1ccc(Br)cc1CNC. The first-order valence-corrected chi connectivity index (χ1v) is 5.06. The summed E-state index contributed by atoms with van der Waals surface area (Å²) in [4.78, 5) is 0. The van der Waals surface area contributed by atoms with Crippen LogP contribution in [0.4, 0.5) is 0 Å². The average molecular weight is 254 g/mol. The molecule has 2 nitrogen and oxygen atoms in total. The van der Waals surface area contributed by atoms with Crippen LogP contribution in [0.5, 0.6) is 5.75 Å². The van der Waals surface area contributed by atoms with E-state index in [1.807, 2.05) is 25.2 Å². The van der Waals surface area contributed by atoms with Crippen molar-refractivity contribution in [3.63, 3.8) is 0 Å². The first-order valence-electron chi connectivity index (χ1n) is 4.27. The Morgan fingerprint density at radius 3 is 3.00 bits per heavy atom. The first kappa shape index (κ1) is 11.1. The Balaban J connectivity index is 2.85. The molecular weight excluding hydrogens is 242 g/mol. The van der Waals surface area contributed by atoms with Crippen molar-refractivity contribution in [3.8, 4) is 18.1 Å². The van der Waals surface area contributed by atoms with E-state index in [2.05, 4.69) is 27.2 Å². The van der Waals surface area contributed by atoms with Gasteiger partial charge < -0.3 is 10.1 Å². The highest BCUT2D eigenvalue weighted by Crippen LogP contribution is 2.22. The highest BCUT2D eigenvalue weighted by Gasteiger charge is 2.02. The van der Waals surface area contributed by atoms with Crippen LogP contribution < -0.4 is 10.1 Å². The second-order valence-corrected chi connectivity index (χ2v) is 3.69. The van der Waals surface area contributed by atoms with E-state index >= 15 is 0 Å². The Morgan fingerprint density at radius 2 is 2.36 bits per heavy atom. The lowest BCUT2D eigenvalue weighted by Crippen LogP contribution is -2.07. The lowest BCUT2D eigenvalue weighted by atomic mass is 10.2. The van der Waals surface area contributed by atoms with E-state index in [1.54, 1.807) is 0 Å². The number of halogens is 1. The van der Waals surface area contributed by atoms with Gasteiger partial charge in [0.05, 0.1) is 0 Å².